The van der Waals surface area contributed by atoms with E-state index in [4.69, 9.17) is 0 Å². The highest BCUT2D eigenvalue weighted by molar-refractivity contribution is 5.93. The fourth-order valence-electron chi connectivity index (χ4n) is 11.4. The van der Waals surface area contributed by atoms with Crippen molar-refractivity contribution >= 4 is 27.8 Å². The molecule has 1 nitrogen and oxygen atoms in total. The number of nitrogens with zero attached hydrogens (tertiary/aromatic N) is 1. The molecule has 246 valence electrons. The molecule has 0 heterocycles. The van der Waals surface area contributed by atoms with Crippen LogP contribution in [0.25, 0.3) is 44.2 Å². The molecular formula is C50H41N. The zero-order valence-corrected chi connectivity index (χ0v) is 28.9. The molecule has 5 aliphatic rings. The maximum atomic E-state index is 2.55. The van der Waals surface area contributed by atoms with Crippen molar-refractivity contribution < 1.29 is 0 Å². The fourth-order valence-corrected chi connectivity index (χ4v) is 11.4. The van der Waals surface area contributed by atoms with Gasteiger partial charge < -0.3 is 4.90 Å². The van der Waals surface area contributed by atoms with E-state index in [1.807, 2.05) is 0 Å². The number of hydrogen-bond acceptors (Lipinski definition) is 1. The monoisotopic (exact) mass is 655 g/mol. The Balaban J connectivity index is 1.11. The maximum Gasteiger partial charge on any atom is 0.0540 e. The maximum absolute atomic E-state index is 2.55. The average molecular weight is 656 g/mol. The summed E-state index contributed by atoms with van der Waals surface area (Å²) in [4.78, 5) is 2.51. The lowest BCUT2D eigenvalue weighted by molar-refractivity contribution is -0.0399. The van der Waals surface area contributed by atoms with Crippen LogP contribution >= 0.6 is 0 Å². The van der Waals surface area contributed by atoms with Gasteiger partial charge in [-0.2, -0.15) is 0 Å². The third-order valence-corrected chi connectivity index (χ3v) is 13.2. The van der Waals surface area contributed by atoms with Gasteiger partial charge in [-0.15, -0.1) is 0 Å². The second-order valence-electron chi connectivity index (χ2n) is 15.8. The molecule has 51 heavy (non-hydrogen) atoms. The summed E-state index contributed by atoms with van der Waals surface area (Å²) in [7, 11) is 0. The van der Waals surface area contributed by atoms with Crippen LogP contribution in [0.2, 0.25) is 0 Å². The summed E-state index contributed by atoms with van der Waals surface area (Å²) in [6.45, 7) is 0. The predicted octanol–water partition coefficient (Wildman–Crippen LogP) is 13.4. The summed E-state index contributed by atoms with van der Waals surface area (Å²) in [6.07, 6.45) is 7.09. The number of hydrogen-bond donors (Lipinski definition) is 0. The second-order valence-corrected chi connectivity index (χ2v) is 15.8. The minimum absolute atomic E-state index is 0.167. The lowest BCUT2D eigenvalue weighted by Gasteiger charge is -2.61. The van der Waals surface area contributed by atoms with E-state index in [1.54, 1.807) is 11.1 Å². The lowest BCUT2D eigenvalue weighted by atomic mass is 9.43. The largest absolute Gasteiger partial charge is 0.310 e. The molecule has 12 rings (SSSR count). The molecule has 7 aromatic carbocycles. The Labute approximate surface area is 301 Å². The summed E-state index contributed by atoms with van der Waals surface area (Å²) in [5.41, 5.74) is 14.8. The van der Waals surface area contributed by atoms with Crippen LogP contribution in [-0.4, -0.2) is 0 Å². The van der Waals surface area contributed by atoms with Crippen molar-refractivity contribution in [2.45, 2.75) is 37.5 Å². The third-order valence-electron chi connectivity index (χ3n) is 13.2. The van der Waals surface area contributed by atoms with E-state index in [1.165, 1.54) is 93.3 Å². The molecule has 0 radical (unpaired) electrons. The van der Waals surface area contributed by atoms with Gasteiger partial charge >= 0.3 is 0 Å². The summed E-state index contributed by atoms with van der Waals surface area (Å²) in [5.74, 6) is 3.40. The molecule has 1 spiro atoms. The van der Waals surface area contributed by atoms with Gasteiger partial charge in [-0.3, -0.25) is 0 Å². The van der Waals surface area contributed by atoms with E-state index in [0.29, 0.717) is 0 Å². The van der Waals surface area contributed by atoms with Crippen molar-refractivity contribution in [2.75, 3.05) is 4.90 Å². The van der Waals surface area contributed by atoms with Crippen molar-refractivity contribution in [1.29, 1.82) is 0 Å². The van der Waals surface area contributed by atoms with E-state index in [0.717, 1.165) is 23.7 Å². The molecule has 0 saturated heterocycles. The lowest BCUT2D eigenvalue weighted by Crippen LogP contribution is -2.55. The van der Waals surface area contributed by atoms with Crippen LogP contribution in [0.1, 0.15) is 43.2 Å². The Morgan fingerprint density at radius 1 is 0.392 bits per heavy atom. The van der Waals surface area contributed by atoms with Crippen molar-refractivity contribution in [1.82, 2.24) is 0 Å². The zero-order valence-electron chi connectivity index (χ0n) is 28.9. The number of benzene rings is 7. The van der Waals surface area contributed by atoms with E-state index in [2.05, 4.69) is 169 Å². The Hall–Kier alpha value is -5.40. The molecule has 1 heteroatoms. The van der Waals surface area contributed by atoms with Gasteiger partial charge in [0.05, 0.1) is 5.69 Å². The van der Waals surface area contributed by atoms with Crippen LogP contribution in [0.4, 0.5) is 17.1 Å². The second kappa shape index (κ2) is 11.3. The highest BCUT2D eigenvalue weighted by atomic mass is 15.1. The first-order chi connectivity index (χ1) is 25.2. The van der Waals surface area contributed by atoms with E-state index in [-0.39, 0.29) is 5.41 Å². The number of para-hydroxylation sites is 1. The molecule has 4 saturated carbocycles. The van der Waals surface area contributed by atoms with Crippen molar-refractivity contribution in [2.24, 2.45) is 23.7 Å². The predicted molar refractivity (Wildman–Crippen MR) is 213 cm³/mol. The van der Waals surface area contributed by atoms with E-state index >= 15 is 0 Å². The SMILES string of the molecule is c1ccc(-c2ccccc2N(c2cccc(-c3ccc4ccccc4c3)c2)c2ccc3c(c2)-c2ccccc2C32C3CC4CC(C3)CC2C4)cc1. The normalized spacial score (nSPS) is 23.8. The smallest absolute Gasteiger partial charge is 0.0540 e. The molecule has 7 aromatic rings. The van der Waals surface area contributed by atoms with Gasteiger partial charge in [0.25, 0.3) is 0 Å². The first kappa shape index (κ1) is 29.3. The Morgan fingerprint density at radius 2 is 1.02 bits per heavy atom. The van der Waals surface area contributed by atoms with Gasteiger partial charge in [-0.25, -0.2) is 0 Å². The van der Waals surface area contributed by atoms with Crippen LogP contribution in [0.5, 0.6) is 0 Å². The molecule has 0 amide bonds. The molecular weight excluding hydrogens is 615 g/mol. The van der Waals surface area contributed by atoms with Crippen LogP contribution in [0.15, 0.2) is 164 Å². The summed E-state index contributed by atoms with van der Waals surface area (Å²) < 4.78 is 0. The molecule has 0 atom stereocenters. The van der Waals surface area contributed by atoms with Gasteiger partial charge in [0, 0.05) is 22.4 Å². The van der Waals surface area contributed by atoms with Crippen molar-refractivity contribution in [3.8, 4) is 33.4 Å². The zero-order chi connectivity index (χ0) is 33.5. The number of rotatable bonds is 5. The van der Waals surface area contributed by atoms with Gasteiger partial charge in [-0.1, -0.05) is 127 Å². The molecule has 0 unspecified atom stereocenters. The van der Waals surface area contributed by atoms with Crippen LogP contribution < -0.4 is 4.90 Å². The third kappa shape index (κ3) is 4.40. The molecule has 4 bridgehead atoms. The standard InChI is InChI=1S/C50H41N/c1-2-12-36(13-3-1)44-17-7-9-20-49(44)51(42-16-10-15-38(31-42)39-22-21-35-11-4-5-14-37(35)30-39)43-23-24-48-46(32-43)45-18-6-8-19-47(45)50(48)40-26-33-25-34(28-40)29-41(50)27-33/h1-24,30-34,40-41H,25-29H2. The molecule has 0 N–H and O–H groups in total. The first-order valence-electron chi connectivity index (χ1n) is 19.0. The highest BCUT2D eigenvalue weighted by Crippen LogP contribution is 2.69. The van der Waals surface area contributed by atoms with Gasteiger partial charge in [-0.05, 0) is 142 Å². The summed E-state index contributed by atoms with van der Waals surface area (Å²) in [6, 6.07) is 61.5. The van der Waals surface area contributed by atoms with Crippen LogP contribution in [-0.2, 0) is 5.41 Å². The minimum atomic E-state index is 0.167. The molecule has 5 aliphatic carbocycles. The summed E-state index contributed by atoms with van der Waals surface area (Å²) >= 11 is 0. The quantitative estimate of drug-likeness (QED) is 0.178. The Morgan fingerprint density at radius 3 is 1.84 bits per heavy atom. The minimum Gasteiger partial charge on any atom is -0.310 e. The molecule has 0 aromatic heterocycles. The van der Waals surface area contributed by atoms with Gasteiger partial charge in [0.2, 0.25) is 0 Å². The number of anilines is 3. The van der Waals surface area contributed by atoms with Crippen molar-refractivity contribution in [3.63, 3.8) is 0 Å². The van der Waals surface area contributed by atoms with Gasteiger partial charge in [0.1, 0.15) is 0 Å². The number of fused-ring (bicyclic) bond motifs is 4. The van der Waals surface area contributed by atoms with Gasteiger partial charge in [0.15, 0.2) is 0 Å². The van der Waals surface area contributed by atoms with E-state index in [9.17, 15) is 0 Å². The molecule has 0 aliphatic heterocycles. The summed E-state index contributed by atoms with van der Waals surface area (Å²) in [5, 5.41) is 2.54. The molecule has 4 fully saturated rings. The Bertz CT molecular complexity index is 2430. The topological polar surface area (TPSA) is 3.24 Å². The highest BCUT2D eigenvalue weighted by Gasteiger charge is 2.61. The first-order valence-corrected chi connectivity index (χ1v) is 19.0. The Kier molecular flexibility index (Phi) is 6.50. The van der Waals surface area contributed by atoms with Crippen LogP contribution in [0, 0.1) is 23.7 Å². The van der Waals surface area contributed by atoms with Crippen LogP contribution in [0.3, 0.4) is 0 Å². The van der Waals surface area contributed by atoms with E-state index < -0.39 is 0 Å². The van der Waals surface area contributed by atoms with Crippen molar-refractivity contribution in [3.05, 3.63) is 175 Å². The average Bonchev–Trinajstić information content (AvgIpc) is 3.47. The fraction of sp³-hybridized carbons (Fsp3) is 0.200.